The lowest BCUT2D eigenvalue weighted by Gasteiger charge is -2.11. The number of hydrogen-bond donors (Lipinski definition) is 2. The summed E-state index contributed by atoms with van der Waals surface area (Å²) in [6.07, 6.45) is 2.60. The fraction of sp³-hybridized carbons (Fsp3) is 0.357. The smallest absolute Gasteiger partial charge is 0.263 e. The van der Waals surface area contributed by atoms with Gasteiger partial charge in [0.2, 0.25) is 0 Å². The van der Waals surface area contributed by atoms with Crippen LogP contribution < -0.4 is 4.72 Å². The van der Waals surface area contributed by atoms with Crippen LogP contribution in [0.5, 0.6) is 0 Å². The molecular formula is C14H19N3O2S. The van der Waals surface area contributed by atoms with Gasteiger partial charge in [0, 0.05) is 5.56 Å². The van der Waals surface area contributed by atoms with E-state index >= 15 is 0 Å². The molecule has 0 bridgehead atoms. The van der Waals surface area contributed by atoms with E-state index in [-0.39, 0.29) is 4.90 Å². The van der Waals surface area contributed by atoms with E-state index in [1.54, 1.807) is 25.3 Å². The number of hydrogen-bond acceptors (Lipinski definition) is 3. The number of sulfonamides is 1. The number of benzene rings is 1. The molecule has 1 atom stereocenters. The van der Waals surface area contributed by atoms with Gasteiger partial charge in [-0.05, 0) is 37.0 Å². The van der Waals surface area contributed by atoms with Crippen molar-refractivity contribution in [3.05, 3.63) is 41.6 Å². The fourth-order valence-electron chi connectivity index (χ4n) is 1.85. The highest BCUT2D eigenvalue weighted by atomic mass is 32.2. The van der Waals surface area contributed by atoms with Gasteiger partial charge in [0.05, 0.1) is 11.1 Å². The van der Waals surface area contributed by atoms with Gasteiger partial charge in [-0.3, -0.25) is 9.82 Å². The standard InChI is InChI=1S/C14H19N3O2S/c1-4-10(2)12-5-7-13(8-6-12)20(18,19)17-14-11(3)9-15-16-14/h5-10H,4H2,1-3H3,(H2,15,16,17). The van der Waals surface area contributed by atoms with Crippen molar-refractivity contribution in [3.63, 3.8) is 0 Å². The molecule has 2 N–H and O–H groups in total. The number of nitrogens with zero attached hydrogens (tertiary/aromatic N) is 1. The van der Waals surface area contributed by atoms with Crippen molar-refractivity contribution < 1.29 is 8.42 Å². The van der Waals surface area contributed by atoms with Crippen LogP contribution in [-0.4, -0.2) is 18.6 Å². The Kier molecular flexibility index (Phi) is 4.13. The average Bonchev–Trinajstić information content (AvgIpc) is 2.83. The second-order valence-corrected chi connectivity index (χ2v) is 6.59. The molecule has 1 heterocycles. The molecule has 0 amide bonds. The topological polar surface area (TPSA) is 74.8 Å². The fourth-order valence-corrected chi connectivity index (χ4v) is 2.94. The van der Waals surface area contributed by atoms with Crippen molar-refractivity contribution in [3.8, 4) is 0 Å². The van der Waals surface area contributed by atoms with E-state index in [1.165, 1.54) is 0 Å². The van der Waals surface area contributed by atoms with Crippen molar-refractivity contribution in [2.75, 3.05) is 4.72 Å². The second-order valence-electron chi connectivity index (χ2n) is 4.91. The number of aromatic amines is 1. The molecule has 0 aliphatic carbocycles. The summed E-state index contributed by atoms with van der Waals surface area (Å²) < 4.78 is 27.0. The van der Waals surface area contributed by atoms with Crippen molar-refractivity contribution in [2.24, 2.45) is 0 Å². The van der Waals surface area contributed by atoms with E-state index in [1.807, 2.05) is 12.1 Å². The molecule has 1 unspecified atom stereocenters. The van der Waals surface area contributed by atoms with Gasteiger partial charge in [-0.2, -0.15) is 5.10 Å². The first-order valence-corrected chi connectivity index (χ1v) is 8.05. The van der Waals surface area contributed by atoms with E-state index in [9.17, 15) is 8.42 Å². The number of aryl methyl sites for hydroxylation is 1. The number of rotatable bonds is 5. The molecule has 0 aliphatic heterocycles. The van der Waals surface area contributed by atoms with E-state index < -0.39 is 10.0 Å². The molecule has 5 nitrogen and oxygen atoms in total. The van der Waals surface area contributed by atoms with Crippen molar-refractivity contribution in [1.82, 2.24) is 10.2 Å². The van der Waals surface area contributed by atoms with Gasteiger partial charge in [-0.25, -0.2) is 8.42 Å². The molecule has 2 aromatic rings. The molecule has 0 saturated carbocycles. The van der Waals surface area contributed by atoms with Gasteiger partial charge in [-0.15, -0.1) is 0 Å². The van der Waals surface area contributed by atoms with Gasteiger partial charge in [-0.1, -0.05) is 26.0 Å². The molecule has 0 spiro atoms. The van der Waals surface area contributed by atoms with Crippen LogP contribution >= 0.6 is 0 Å². The van der Waals surface area contributed by atoms with E-state index in [4.69, 9.17) is 0 Å². The molecule has 1 aromatic heterocycles. The Morgan fingerprint density at radius 2 is 1.95 bits per heavy atom. The Labute approximate surface area is 119 Å². The molecule has 0 fully saturated rings. The van der Waals surface area contributed by atoms with Gasteiger partial charge in [0.25, 0.3) is 10.0 Å². The maximum absolute atomic E-state index is 12.2. The SMILES string of the molecule is CCC(C)c1ccc(S(=O)(=O)Nc2[nH]ncc2C)cc1. The summed E-state index contributed by atoms with van der Waals surface area (Å²) in [5.74, 6) is 0.825. The van der Waals surface area contributed by atoms with E-state index in [0.29, 0.717) is 11.7 Å². The summed E-state index contributed by atoms with van der Waals surface area (Å²) in [7, 11) is -3.58. The van der Waals surface area contributed by atoms with E-state index in [0.717, 1.165) is 17.5 Å². The minimum Gasteiger partial charge on any atom is -0.264 e. The summed E-state index contributed by atoms with van der Waals surface area (Å²) >= 11 is 0. The largest absolute Gasteiger partial charge is 0.264 e. The Morgan fingerprint density at radius 1 is 1.30 bits per heavy atom. The quantitative estimate of drug-likeness (QED) is 0.889. The first kappa shape index (κ1) is 14.6. The van der Waals surface area contributed by atoms with Crippen LogP contribution in [-0.2, 0) is 10.0 Å². The summed E-state index contributed by atoms with van der Waals surface area (Å²) in [4.78, 5) is 0.249. The van der Waals surface area contributed by atoms with E-state index in [2.05, 4.69) is 28.8 Å². The third-order valence-electron chi connectivity index (χ3n) is 3.44. The van der Waals surface area contributed by atoms with Crippen molar-refractivity contribution in [2.45, 2.75) is 38.0 Å². The molecule has 108 valence electrons. The Bertz CT molecular complexity index is 675. The first-order chi connectivity index (χ1) is 9.44. The lowest BCUT2D eigenvalue weighted by atomic mass is 9.99. The van der Waals surface area contributed by atoms with Gasteiger partial charge in [0.1, 0.15) is 5.82 Å². The van der Waals surface area contributed by atoms with Crippen molar-refractivity contribution in [1.29, 1.82) is 0 Å². The Balaban J connectivity index is 2.24. The summed E-state index contributed by atoms with van der Waals surface area (Å²) in [5, 5.41) is 6.43. The average molecular weight is 293 g/mol. The zero-order valence-corrected chi connectivity index (χ0v) is 12.7. The van der Waals surface area contributed by atoms with Crippen LogP contribution in [0, 0.1) is 6.92 Å². The highest BCUT2D eigenvalue weighted by molar-refractivity contribution is 7.92. The summed E-state index contributed by atoms with van der Waals surface area (Å²) in [6.45, 7) is 6.01. The third-order valence-corrected chi connectivity index (χ3v) is 4.80. The second kappa shape index (κ2) is 5.66. The van der Waals surface area contributed by atoms with Crippen LogP contribution in [0.4, 0.5) is 5.82 Å². The number of aromatic nitrogens is 2. The highest BCUT2D eigenvalue weighted by Gasteiger charge is 2.16. The molecule has 0 aliphatic rings. The number of nitrogens with one attached hydrogen (secondary N) is 2. The predicted molar refractivity (Wildman–Crippen MR) is 79.3 cm³/mol. The molecule has 20 heavy (non-hydrogen) atoms. The number of anilines is 1. The van der Waals surface area contributed by atoms with Gasteiger partial charge >= 0.3 is 0 Å². The highest BCUT2D eigenvalue weighted by Crippen LogP contribution is 2.22. The van der Waals surface area contributed by atoms with Crippen LogP contribution in [0.15, 0.2) is 35.4 Å². The summed E-state index contributed by atoms with van der Waals surface area (Å²) in [5.41, 5.74) is 1.90. The lowest BCUT2D eigenvalue weighted by Crippen LogP contribution is -2.14. The van der Waals surface area contributed by atoms with Crippen LogP contribution in [0.25, 0.3) is 0 Å². The minimum atomic E-state index is -3.58. The lowest BCUT2D eigenvalue weighted by molar-refractivity contribution is 0.601. The van der Waals surface area contributed by atoms with Crippen molar-refractivity contribution >= 4 is 15.8 Å². The zero-order valence-electron chi connectivity index (χ0n) is 11.8. The van der Waals surface area contributed by atoms with Gasteiger partial charge in [0.15, 0.2) is 0 Å². The van der Waals surface area contributed by atoms with Crippen LogP contribution in [0.1, 0.15) is 37.3 Å². The van der Waals surface area contributed by atoms with Gasteiger partial charge < -0.3 is 0 Å². The number of H-pyrrole nitrogens is 1. The predicted octanol–water partition coefficient (Wildman–Crippen LogP) is 3.03. The maximum Gasteiger partial charge on any atom is 0.263 e. The minimum absolute atomic E-state index is 0.249. The monoisotopic (exact) mass is 293 g/mol. The Morgan fingerprint density at radius 3 is 2.45 bits per heavy atom. The normalized spacial score (nSPS) is 13.2. The molecule has 0 saturated heterocycles. The third kappa shape index (κ3) is 3.01. The zero-order chi connectivity index (χ0) is 14.8. The first-order valence-electron chi connectivity index (χ1n) is 6.56. The molecular weight excluding hydrogens is 274 g/mol. The molecule has 1 aromatic carbocycles. The molecule has 0 radical (unpaired) electrons. The molecule has 6 heteroatoms. The van der Waals surface area contributed by atoms with Crippen LogP contribution in [0.2, 0.25) is 0 Å². The molecule has 2 rings (SSSR count). The summed E-state index contributed by atoms with van der Waals surface area (Å²) in [6, 6.07) is 7.00. The Hall–Kier alpha value is -1.82. The maximum atomic E-state index is 12.2. The van der Waals surface area contributed by atoms with Crippen LogP contribution in [0.3, 0.4) is 0 Å².